The molecule has 6 nitrogen and oxygen atoms in total. The molecule has 3 amide bonds. The number of unbranched alkanes of at least 4 members (excludes halogenated alkanes) is 1. The molecule has 6 heteroatoms. The van der Waals surface area contributed by atoms with Crippen LogP contribution in [0.3, 0.4) is 0 Å². The Balaban J connectivity index is 1.20. The second-order valence-electron chi connectivity index (χ2n) is 9.40. The first-order chi connectivity index (χ1) is 15.9. The number of nitrogens with zero attached hydrogens (tertiary/aromatic N) is 2. The van der Waals surface area contributed by atoms with Crippen molar-refractivity contribution in [2.24, 2.45) is 5.92 Å². The van der Waals surface area contributed by atoms with E-state index < -0.39 is 0 Å². The fourth-order valence-electron chi connectivity index (χ4n) is 4.69. The van der Waals surface area contributed by atoms with Gasteiger partial charge in [-0.15, -0.1) is 0 Å². The van der Waals surface area contributed by atoms with Crippen LogP contribution in [0.1, 0.15) is 71.7 Å². The Morgan fingerprint density at radius 1 is 0.939 bits per heavy atom. The second-order valence-corrected chi connectivity index (χ2v) is 9.40. The first-order valence-corrected chi connectivity index (χ1v) is 12.0. The summed E-state index contributed by atoms with van der Waals surface area (Å²) in [6, 6.07) is 15.3. The van der Waals surface area contributed by atoms with Crippen molar-refractivity contribution >= 4 is 23.4 Å². The summed E-state index contributed by atoms with van der Waals surface area (Å²) < 4.78 is 0. The molecule has 0 bridgehead atoms. The van der Waals surface area contributed by atoms with E-state index in [4.69, 9.17) is 0 Å². The zero-order valence-electron chi connectivity index (χ0n) is 19.5. The van der Waals surface area contributed by atoms with E-state index in [-0.39, 0.29) is 23.6 Å². The third kappa shape index (κ3) is 5.33. The van der Waals surface area contributed by atoms with Gasteiger partial charge in [-0.1, -0.05) is 38.1 Å². The van der Waals surface area contributed by atoms with Gasteiger partial charge < -0.3 is 10.2 Å². The van der Waals surface area contributed by atoms with E-state index in [2.05, 4.69) is 22.3 Å². The molecule has 0 aromatic heterocycles. The Kier molecular flexibility index (Phi) is 7.23. The summed E-state index contributed by atoms with van der Waals surface area (Å²) in [4.78, 5) is 40.8. The fourth-order valence-corrected chi connectivity index (χ4v) is 4.69. The van der Waals surface area contributed by atoms with Crippen LogP contribution in [0.25, 0.3) is 0 Å². The van der Waals surface area contributed by atoms with Gasteiger partial charge >= 0.3 is 0 Å². The van der Waals surface area contributed by atoms with Crippen molar-refractivity contribution in [2.45, 2.75) is 45.4 Å². The molecule has 0 spiro atoms. The van der Waals surface area contributed by atoms with Crippen molar-refractivity contribution in [1.29, 1.82) is 0 Å². The predicted octanol–water partition coefficient (Wildman–Crippen LogP) is 4.54. The van der Waals surface area contributed by atoms with Crippen molar-refractivity contribution in [3.05, 3.63) is 65.2 Å². The third-order valence-electron chi connectivity index (χ3n) is 6.72. The fraction of sp³-hybridized carbons (Fsp3) is 0.444. The Hall–Kier alpha value is -2.99. The molecular weight excluding hydrogens is 414 g/mol. The number of nitrogens with one attached hydrogen (secondary N) is 1. The number of anilines is 1. The normalized spacial score (nSPS) is 17.0. The first kappa shape index (κ1) is 23.2. The highest BCUT2D eigenvalue weighted by Gasteiger charge is 2.34. The lowest BCUT2D eigenvalue weighted by Gasteiger charge is -2.32. The maximum absolute atomic E-state index is 12.5. The van der Waals surface area contributed by atoms with E-state index in [0.29, 0.717) is 23.6 Å². The second kappa shape index (κ2) is 10.3. The zero-order chi connectivity index (χ0) is 23.4. The molecule has 0 atom stereocenters. The molecule has 1 fully saturated rings. The summed E-state index contributed by atoms with van der Waals surface area (Å²) in [6.45, 7) is 7.35. The van der Waals surface area contributed by atoms with Crippen molar-refractivity contribution in [3.63, 3.8) is 0 Å². The van der Waals surface area contributed by atoms with Gasteiger partial charge in [0.25, 0.3) is 11.8 Å². The van der Waals surface area contributed by atoms with Crippen LogP contribution in [0.4, 0.5) is 5.69 Å². The molecule has 1 saturated heterocycles. The van der Waals surface area contributed by atoms with Gasteiger partial charge in [-0.3, -0.25) is 19.3 Å². The van der Waals surface area contributed by atoms with E-state index in [0.717, 1.165) is 51.0 Å². The van der Waals surface area contributed by atoms with Crippen LogP contribution < -0.4 is 5.32 Å². The minimum absolute atomic E-state index is 0.0334. The Morgan fingerprint density at radius 2 is 1.58 bits per heavy atom. The molecule has 2 aromatic carbocycles. The van der Waals surface area contributed by atoms with Crippen LogP contribution in [-0.2, 0) is 4.79 Å². The Labute approximate surface area is 196 Å². The molecule has 2 aliphatic heterocycles. The highest BCUT2D eigenvalue weighted by Crippen LogP contribution is 2.30. The lowest BCUT2D eigenvalue weighted by atomic mass is 9.89. The van der Waals surface area contributed by atoms with Crippen LogP contribution in [0.2, 0.25) is 0 Å². The van der Waals surface area contributed by atoms with Gasteiger partial charge in [0.1, 0.15) is 0 Å². The number of benzene rings is 2. The highest BCUT2D eigenvalue weighted by atomic mass is 16.2. The molecule has 33 heavy (non-hydrogen) atoms. The SMILES string of the molecule is CC(C)C(=O)Nc1cccc(C2CCN(CCCCN3C(=O)c4ccccc4C3=O)CC2)c1. The van der Waals surface area contributed by atoms with E-state index in [1.807, 2.05) is 26.0 Å². The molecule has 2 aliphatic rings. The molecule has 0 radical (unpaired) electrons. The number of imide groups is 1. The standard InChI is InChI=1S/C27H33N3O3/c1-19(2)25(31)28-22-9-7-8-21(18-22)20-12-16-29(17-13-20)14-5-6-15-30-26(32)23-10-3-4-11-24(23)27(30)33/h3-4,7-11,18-20H,5-6,12-17H2,1-2H3,(H,28,31). The molecule has 2 aromatic rings. The van der Waals surface area contributed by atoms with Crippen LogP contribution in [0.15, 0.2) is 48.5 Å². The van der Waals surface area contributed by atoms with Gasteiger partial charge in [-0.25, -0.2) is 0 Å². The van der Waals surface area contributed by atoms with Gasteiger partial charge in [-0.2, -0.15) is 0 Å². The maximum Gasteiger partial charge on any atom is 0.261 e. The number of rotatable bonds is 8. The van der Waals surface area contributed by atoms with Crippen molar-refractivity contribution in [2.75, 3.05) is 31.5 Å². The summed E-state index contributed by atoms with van der Waals surface area (Å²) in [6.07, 6.45) is 3.98. The van der Waals surface area contributed by atoms with Crippen LogP contribution >= 0.6 is 0 Å². The lowest BCUT2D eigenvalue weighted by Crippen LogP contribution is -2.35. The number of fused-ring (bicyclic) bond motifs is 1. The average Bonchev–Trinajstić information content (AvgIpc) is 3.07. The van der Waals surface area contributed by atoms with E-state index >= 15 is 0 Å². The van der Waals surface area contributed by atoms with Crippen LogP contribution in [0.5, 0.6) is 0 Å². The highest BCUT2D eigenvalue weighted by molar-refractivity contribution is 6.21. The molecule has 4 rings (SSSR count). The monoisotopic (exact) mass is 447 g/mol. The summed E-state index contributed by atoms with van der Waals surface area (Å²) in [5.41, 5.74) is 3.22. The number of likely N-dealkylation sites (tertiary alicyclic amines) is 1. The predicted molar refractivity (Wildman–Crippen MR) is 129 cm³/mol. The summed E-state index contributed by atoms with van der Waals surface area (Å²) >= 11 is 0. The van der Waals surface area contributed by atoms with Gasteiger partial charge in [-0.05, 0) is 81.1 Å². The van der Waals surface area contributed by atoms with E-state index in [1.165, 1.54) is 10.5 Å². The average molecular weight is 448 g/mol. The summed E-state index contributed by atoms with van der Waals surface area (Å²) in [7, 11) is 0. The van der Waals surface area contributed by atoms with E-state index in [9.17, 15) is 14.4 Å². The smallest absolute Gasteiger partial charge is 0.261 e. The molecule has 2 heterocycles. The Bertz CT molecular complexity index is 990. The topological polar surface area (TPSA) is 69.7 Å². The minimum atomic E-state index is -0.164. The quantitative estimate of drug-likeness (QED) is 0.477. The molecular formula is C27H33N3O3. The number of amides is 3. The van der Waals surface area contributed by atoms with Gasteiger partial charge in [0, 0.05) is 18.2 Å². The molecule has 0 saturated carbocycles. The lowest BCUT2D eigenvalue weighted by molar-refractivity contribution is -0.118. The number of piperidine rings is 1. The number of hydrogen-bond donors (Lipinski definition) is 1. The van der Waals surface area contributed by atoms with Crippen LogP contribution in [0, 0.1) is 5.92 Å². The van der Waals surface area contributed by atoms with Crippen LogP contribution in [-0.4, -0.2) is 53.7 Å². The molecule has 1 N–H and O–H groups in total. The van der Waals surface area contributed by atoms with Gasteiger partial charge in [0.15, 0.2) is 0 Å². The van der Waals surface area contributed by atoms with Crippen molar-refractivity contribution in [3.8, 4) is 0 Å². The van der Waals surface area contributed by atoms with Crippen molar-refractivity contribution < 1.29 is 14.4 Å². The number of carbonyl (C=O) groups excluding carboxylic acids is 3. The maximum atomic E-state index is 12.5. The van der Waals surface area contributed by atoms with E-state index in [1.54, 1.807) is 24.3 Å². The van der Waals surface area contributed by atoms with Gasteiger partial charge in [0.2, 0.25) is 5.91 Å². The Morgan fingerprint density at radius 3 is 2.21 bits per heavy atom. The van der Waals surface area contributed by atoms with Gasteiger partial charge in [0.05, 0.1) is 11.1 Å². The molecule has 174 valence electrons. The van der Waals surface area contributed by atoms with Crippen molar-refractivity contribution in [1.82, 2.24) is 9.80 Å². The number of carbonyl (C=O) groups is 3. The third-order valence-corrected chi connectivity index (χ3v) is 6.72. The molecule has 0 aliphatic carbocycles. The summed E-state index contributed by atoms with van der Waals surface area (Å²) in [5.74, 6) is 0.194. The summed E-state index contributed by atoms with van der Waals surface area (Å²) in [5, 5.41) is 3.00. The largest absolute Gasteiger partial charge is 0.326 e. The minimum Gasteiger partial charge on any atom is -0.326 e. The number of hydrogen-bond acceptors (Lipinski definition) is 4. The molecule has 0 unspecified atom stereocenters. The zero-order valence-corrected chi connectivity index (χ0v) is 19.5. The first-order valence-electron chi connectivity index (χ1n) is 12.0.